The smallest absolute Gasteiger partial charge is 0.120 e. The van der Waals surface area contributed by atoms with Crippen LogP contribution in [0.5, 0.6) is 5.75 Å². The zero-order chi connectivity index (χ0) is 11.6. The molecule has 86 valence electrons. The summed E-state index contributed by atoms with van der Waals surface area (Å²) in [5.41, 5.74) is 6.42. The molecule has 0 spiro atoms. The maximum Gasteiger partial charge on any atom is 0.120 e. The van der Waals surface area contributed by atoms with Crippen LogP contribution in [0.15, 0.2) is 24.3 Å². The SMILES string of the molecule is CCOc1cccc(C#CCCCCN)c1. The Hall–Kier alpha value is -1.46. The minimum atomic E-state index is 0.688. The Morgan fingerprint density at radius 3 is 2.94 bits per heavy atom. The van der Waals surface area contributed by atoms with Crippen LogP contribution in [0.3, 0.4) is 0 Å². The van der Waals surface area contributed by atoms with Crippen molar-refractivity contribution in [2.24, 2.45) is 5.73 Å². The van der Waals surface area contributed by atoms with Gasteiger partial charge in [0, 0.05) is 12.0 Å². The van der Waals surface area contributed by atoms with Gasteiger partial charge in [-0.25, -0.2) is 0 Å². The molecule has 2 heteroatoms. The fraction of sp³-hybridized carbons (Fsp3) is 0.429. The Balaban J connectivity index is 2.49. The van der Waals surface area contributed by atoms with Gasteiger partial charge in [0.15, 0.2) is 0 Å². The zero-order valence-electron chi connectivity index (χ0n) is 9.83. The van der Waals surface area contributed by atoms with E-state index in [1.165, 1.54) is 0 Å². The fourth-order valence-corrected chi connectivity index (χ4v) is 1.35. The van der Waals surface area contributed by atoms with Crippen molar-refractivity contribution in [2.75, 3.05) is 13.2 Å². The van der Waals surface area contributed by atoms with Gasteiger partial charge >= 0.3 is 0 Å². The number of nitrogens with two attached hydrogens (primary N) is 1. The van der Waals surface area contributed by atoms with Gasteiger partial charge in [0.1, 0.15) is 5.75 Å². The molecule has 2 N–H and O–H groups in total. The Morgan fingerprint density at radius 2 is 2.19 bits per heavy atom. The summed E-state index contributed by atoms with van der Waals surface area (Å²) in [5.74, 6) is 7.16. The molecule has 0 saturated carbocycles. The monoisotopic (exact) mass is 217 g/mol. The molecule has 0 heterocycles. The van der Waals surface area contributed by atoms with Crippen LogP contribution in [0, 0.1) is 11.8 Å². The van der Waals surface area contributed by atoms with Crippen molar-refractivity contribution in [3.05, 3.63) is 29.8 Å². The summed E-state index contributed by atoms with van der Waals surface area (Å²) >= 11 is 0. The summed E-state index contributed by atoms with van der Waals surface area (Å²) < 4.78 is 5.41. The molecule has 0 aliphatic rings. The third-order valence-corrected chi connectivity index (χ3v) is 2.13. The van der Waals surface area contributed by atoms with Crippen molar-refractivity contribution >= 4 is 0 Å². The second kappa shape index (κ2) is 7.78. The number of rotatable bonds is 5. The van der Waals surface area contributed by atoms with Crippen LogP contribution in [-0.2, 0) is 0 Å². The minimum Gasteiger partial charge on any atom is -0.494 e. The molecule has 16 heavy (non-hydrogen) atoms. The summed E-state index contributed by atoms with van der Waals surface area (Å²) in [6.45, 7) is 3.42. The first-order chi connectivity index (χ1) is 7.86. The lowest BCUT2D eigenvalue weighted by atomic mass is 10.2. The van der Waals surface area contributed by atoms with Crippen molar-refractivity contribution < 1.29 is 4.74 Å². The number of unbranched alkanes of at least 4 members (excludes halogenated alkanes) is 2. The summed E-state index contributed by atoms with van der Waals surface area (Å²) in [4.78, 5) is 0. The largest absolute Gasteiger partial charge is 0.494 e. The predicted octanol–water partition coefficient (Wildman–Crippen LogP) is 2.57. The standard InChI is InChI=1S/C14H19NO/c1-2-16-14-10-7-9-13(12-14)8-5-3-4-6-11-15/h7,9-10,12H,2-4,6,11,15H2,1H3. The summed E-state index contributed by atoms with van der Waals surface area (Å²) in [5, 5.41) is 0. The van der Waals surface area contributed by atoms with Gasteiger partial charge < -0.3 is 10.5 Å². The van der Waals surface area contributed by atoms with Crippen molar-refractivity contribution in [3.8, 4) is 17.6 Å². The molecule has 0 atom stereocenters. The van der Waals surface area contributed by atoms with Gasteiger partial charge in [-0.05, 0) is 44.5 Å². The predicted molar refractivity (Wildman–Crippen MR) is 67.4 cm³/mol. The van der Waals surface area contributed by atoms with Gasteiger partial charge in [-0.1, -0.05) is 17.9 Å². The molecule has 0 saturated heterocycles. The highest BCUT2D eigenvalue weighted by Crippen LogP contribution is 2.12. The first-order valence-corrected chi connectivity index (χ1v) is 5.78. The molecular weight excluding hydrogens is 198 g/mol. The number of benzene rings is 1. The fourth-order valence-electron chi connectivity index (χ4n) is 1.35. The van der Waals surface area contributed by atoms with E-state index in [4.69, 9.17) is 10.5 Å². The topological polar surface area (TPSA) is 35.2 Å². The van der Waals surface area contributed by atoms with Crippen LogP contribution in [0.1, 0.15) is 31.7 Å². The molecule has 0 fully saturated rings. The third-order valence-electron chi connectivity index (χ3n) is 2.13. The molecular formula is C14H19NO. The Kier molecular flexibility index (Phi) is 6.13. The van der Waals surface area contributed by atoms with E-state index >= 15 is 0 Å². The molecule has 0 amide bonds. The third kappa shape index (κ3) is 4.86. The molecule has 1 aromatic rings. The minimum absolute atomic E-state index is 0.688. The normalized spacial score (nSPS) is 9.38. The average molecular weight is 217 g/mol. The molecule has 1 aromatic carbocycles. The van der Waals surface area contributed by atoms with Gasteiger partial charge in [-0.15, -0.1) is 0 Å². The van der Waals surface area contributed by atoms with Crippen molar-refractivity contribution in [1.82, 2.24) is 0 Å². The van der Waals surface area contributed by atoms with Crippen LogP contribution >= 0.6 is 0 Å². The van der Waals surface area contributed by atoms with E-state index in [0.717, 1.165) is 37.1 Å². The lowest BCUT2D eigenvalue weighted by Gasteiger charge is -2.01. The first-order valence-electron chi connectivity index (χ1n) is 5.78. The van der Waals surface area contributed by atoms with Crippen LogP contribution in [0.25, 0.3) is 0 Å². The Bertz CT molecular complexity index is 362. The maximum absolute atomic E-state index is 5.41. The lowest BCUT2D eigenvalue weighted by molar-refractivity contribution is 0.340. The summed E-state index contributed by atoms with van der Waals surface area (Å²) in [7, 11) is 0. The van der Waals surface area contributed by atoms with Gasteiger partial charge in [-0.2, -0.15) is 0 Å². The molecule has 1 rings (SSSR count). The quantitative estimate of drug-likeness (QED) is 0.607. The molecule has 0 radical (unpaired) electrons. The second-order valence-corrected chi connectivity index (χ2v) is 3.51. The van der Waals surface area contributed by atoms with Crippen LogP contribution in [0.4, 0.5) is 0 Å². The highest BCUT2D eigenvalue weighted by atomic mass is 16.5. The first kappa shape index (κ1) is 12.6. The maximum atomic E-state index is 5.41. The van der Waals surface area contributed by atoms with Crippen LogP contribution in [-0.4, -0.2) is 13.2 Å². The van der Waals surface area contributed by atoms with E-state index in [1.807, 2.05) is 31.2 Å². The molecule has 0 aromatic heterocycles. The van der Waals surface area contributed by atoms with E-state index in [-0.39, 0.29) is 0 Å². The summed E-state index contributed by atoms with van der Waals surface area (Å²) in [6.07, 6.45) is 3.04. The van der Waals surface area contributed by atoms with Gasteiger partial charge in [0.05, 0.1) is 6.61 Å². The highest BCUT2D eigenvalue weighted by Gasteiger charge is 1.92. The Morgan fingerprint density at radius 1 is 1.31 bits per heavy atom. The molecule has 0 aliphatic carbocycles. The van der Waals surface area contributed by atoms with E-state index in [2.05, 4.69) is 11.8 Å². The van der Waals surface area contributed by atoms with Crippen LogP contribution < -0.4 is 10.5 Å². The van der Waals surface area contributed by atoms with E-state index in [0.29, 0.717) is 6.61 Å². The second-order valence-electron chi connectivity index (χ2n) is 3.51. The lowest BCUT2D eigenvalue weighted by Crippen LogP contribution is -1.96. The highest BCUT2D eigenvalue weighted by molar-refractivity contribution is 5.39. The van der Waals surface area contributed by atoms with Crippen molar-refractivity contribution in [2.45, 2.75) is 26.2 Å². The zero-order valence-corrected chi connectivity index (χ0v) is 9.83. The Labute approximate surface area is 97.8 Å². The molecule has 0 aliphatic heterocycles. The molecule has 2 nitrogen and oxygen atoms in total. The van der Waals surface area contributed by atoms with Gasteiger partial charge in [0.2, 0.25) is 0 Å². The number of hydrogen-bond acceptors (Lipinski definition) is 2. The summed E-state index contributed by atoms with van der Waals surface area (Å²) in [6, 6.07) is 7.88. The van der Waals surface area contributed by atoms with E-state index in [1.54, 1.807) is 0 Å². The molecule has 0 unspecified atom stereocenters. The van der Waals surface area contributed by atoms with Gasteiger partial charge in [0.25, 0.3) is 0 Å². The number of ether oxygens (including phenoxy) is 1. The van der Waals surface area contributed by atoms with Crippen molar-refractivity contribution in [3.63, 3.8) is 0 Å². The van der Waals surface area contributed by atoms with Crippen molar-refractivity contribution in [1.29, 1.82) is 0 Å². The van der Waals surface area contributed by atoms with Gasteiger partial charge in [-0.3, -0.25) is 0 Å². The molecule has 0 bridgehead atoms. The van der Waals surface area contributed by atoms with Crippen LogP contribution in [0.2, 0.25) is 0 Å². The number of hydrogen-bond donors (Lipinski definition) is 1. The average Bonchev–Trinajstić information content (AvgIpc) is 2.30. The van der Waals surface area contributed by atoms with E-state index < -0.39 is 0 Å². The van der Waals surface area contributed by atoms with E-state index in [9.17, 15) is 0 Å².